The number of benzene rings is 4. The van der Waals surface area contributed by atoms with Gasteiger partial charge in [-0.05, 0) is 88.0 Å². The SMILES string of the molecule is CCCCCCc1cc(CCCCCC)cc(-c2cc(-c3[c-]cccc3)nc3cc4c(cc23)-c2ccccc2C4(C)C)c1.[Ir]. The van der Waals surface area contributed by atoms with Crippen LogP contribution in [-0.4, -0.2) is 4.98 Å². The fourth-order valence-corrected chi connectivity index (χ4v) is 7.07. The van der Waals surface area contributed by atoms with E-state index in [2.05, 4.69) is 107 Å². The van der Waals surface area contributed by atoms with Crippen LogP contribution in [-0.2, 0) is 38.4 Å². The van der Waals surface area contributed by atoms with Crippen molar-refractivity contribution < 1.29 is 20.1 Å². The summed E-state index contributed by atoms with van der Waals surface area (Å²) in [5.41, 5.74) is 14.1. The molecule has 5 aromatic rings. The minimum atomic E-state index is -0.0547. The van der Waals surface area contributed by atoms with Crippen molar-refractivity contribution in [1.29, 1.82) is 0 Å². The fraction of sp³-hybridized carbons (Fsp3) is 0.357. The number of hydrogen-bond acceptors (Lipinski definition) is 1. The number of aryl methyl sites for hydroxylation is 2. The van der Waals surface area contributed by atoms with Crippen molar-refractivity contribution in [2.45, 2.75) is 97.3 Å². The second kappa shape index (κ2) is 14.4. The fourth-order valence-electron chi connectivity index (χ4n) is 7.07. The first-order chi connectivity index (χ1) is 21.0. The van der Waals surface area contributed by atoms with Gasteiger partial charge in [-0.3, -0.25) is 4.98 Å². The molecule has 1 aromatic heterocycles. The molecule has 0 amide bonds. The molecule has 0 bridgehead atoms. The van der Waals surface area contributed by atoms with Gasteiger partial charge in [0.15, 0.2) is 0 Å². The molecule has 1 radical (unpaired) electrons. The van der Waals surface area contributed by atoms with Crippen molar-refractivity contribution in [1.82, 2.24) is 4.98 Å². The van der Waals surface area contributed by atoms with Crippen LogP contribution in [0.25, 0.3) is 44.4 Å². The van der Waals surface area contributed by atoms with Crippen molar-refractivity contribution >= 4 is 10.9 Å². The molecule has 6 rings (SSSR count). The normalized spacial score (nSPS) is 13.0. The molecule has 0 saturated carbocycles. The Hall–Kier alpha value is -3.06. The molecule has 4 aromatic carbocycles. The molecule has 2 heteroatoms. The number of fused-ring (bicyclic) bond motifs is 4. The van der Waals surface area contributed by atoms with Crippen LogP contribution in [0.15, 0.2) is 84.9 Å². The quantitative estimate of drug-likeness (QED) is 0.0912. The monoisotopic (exact) mass is 757 g/mol. The molecule has 0 saturated heterocycles. The van der Waals surface area contributed by atoms with E-state index in [1.807, 2.05) is 12.1 Å². The first-order valence-corrected chi connectivity index (χ1v) is 16.7. The van der Waals surface area contributed by atoms with Gasteiger partial charge in [0.25, 0.3) is 0 Å². The predicted octanol–water partition coefficient (Wildman–Crippen LogP) is 11.9. The van der Waals surface area contributed by atoms with Crippen molar-refractivity contribution in [2.24, 2.45) is 0 Å². The molecule has 1 heterocycles. The van der Waals surface area contributed by atoms with E-state index in [9.17, 15) is 0 Å². The summed E-state index contributed by atoms with van der Waals surface area (Å²) in [5.74, 6) is 0. The third-order valence-electron chi connectivity index (χ3n) is 9.50. The molecule has 44 heavy (non-hydrogen) atoms. The maximum absolute atomic E-state index is 5.29. The van der Waals surface area contributed by atoms with Crippen LogP contribution >= 0.6 is 0 Å². The summed E-state index contributed by atoms with van der Waals surface area (Å²) >= 11 is 0. The molecular formula is C42H46IrN-. The number of hydrogen-bond donors (Lipinski definition) is 0. The Labute approximate surface area is 278 Å². The number of rotatable bonds is 12. The Morgan fingerprint density at radius 3 is 1.98 bits per heavy atom. The van der Waals surface area contributed by atoms with E-state index in [0.717, 1.165) is 29.6 Å². The Morgan fingerprint density at radius 2 is 1.32 bits per heavy atom. The van der Waals surface area contributed by atoms with E-state index in [1.54, 1.807) is 0 Å². The van der Waals surface area contributed by atoms with Crippen molar-refractivity contribution in [2.75, 3.05) is 0 Å². The van der Waals surface area contributed by atoms with Crippen molar-refractivity contribution in [3.8, 4) is 33.5 Å². The van der Waals surface area contributed by atoms with Crippen LogP contribution in [0.1, 0.15) is 101 Å². The summed E-state index contributed by atoms with van der Waals surface area (Å²) in [7, 11) is 0. The number of pyridine rings is 1. The summed E-state index contributed by atoms with van der Waals surface area (Å²) < 4.78 is 0. The van der Waals surface area contributed by atoms with Gasteiger partial charge in [0.05, 0.1) is 5.52 Å². The minimum Gasteiger partial charge on any atom is -0.296 e. The molecule has 1 aliphatic carbocycles. The van der Waals surface area contributed by atoms with E-state index < -0.39 is 0 Å². The van der Waals surface area contributed by atoms with Crippen LogP contribution < -0.4 is 0 Å². The number of nitrogens with zero attached hydrogens (tertiary/aromatic N) is 1. The first kappa shape index (κ1) is 32.3. The van der Waals surface area contributed by atoms with Gasteiger partial charge in [-0.2, -0.15) is 0 Å². The van der Waals surface area contributed by atoms with Crippen LogP contribution in [0.2, 0.25) is 0 Å². The maximum Gasteiger partial charge on any atom is 0.0605 e. The van der Waals surface area contributed by atoms with Crippen molar-refractivity contribution in [3.63, 3.8) is 0 Å². The van der Waals surface area contributed by atoms with Gasteiger partial charge in [-0.15, -0.1) is 35.9 Å². The molecule has 0 unspecified atom stereocenters. The average molecular weight is 757 g/mol. The molecule has 0 N–H and O–H groups in total. The Balaban J connectivity index is 0.00000384. The largest absolute Gasteiger partial charge is 0.296 e. The summed E-state index contributed by atoms with van der Waals surface area (Å²) in [4.78, 5) is 5.29. The molecule has 1 nitrogen and oxygen atoms in total. The topological polar surface area (TPSA) is 12.9 Å². The molecule has 0 spiro atoms. The van der Waals surface area contributed by atoms with Gasteiger partial charge in [-0.25, -0.2) is 0 Å². The van der Waals surface area contributed by atoms with Crippen molar-refractivity contribution in [3.05, 3.63) is 113 Å². The maximum atomic E-state index is 5.29. The number of aromatic nitrogens is 1. The summed E-state index contributed by atoms with van der Waals surface area (Å²) in [6.07, 6.45) is 12.6. The number of unbranched alkanes of at least 4 members (excludes halogenated alkanes) is 6. The minimum absolute atomic E-state index is 0. The summed E-state index contributed by atoms with van der Waals surface area (Å²) in [6.45, 7) is 9.29. The molecule has 0 fully saturated rings. The van der Waals surface area contributed by atoms with E-state index in [1.165, 1.54) is 101 Å². The molecule has 229 valence electrons. The van der Waals surface area contributed by atoms with Gasteiger partial charge in [0.1, 0.15) is 0 Å². The second-order valence-electron chi connectivity index (χ2n) is 13.1. The molecule has 0 aliphatic heterocycles. The molecule has 1 aliphatic rings. The van der Waals surface area contributed by atoms with Gasteiger partial charge in [-0.1, -0.05) is 115 Å². The smallest absolute Gasteiger partial charge is 0.0605 e. The predicted molar refractivity (Wildman–Crippen MR) is 185 cm³/mol. The zero-order chi connectivity index (χ0) is 29.8. The van der Waals surface area contributed by atoms with E-state index in [-0.39, 0.29) is 25.5 Å². The van der Waals surface area contributed by atoms with Crippen LogP contribution in [0.4, 0.5) is 0 Å². The summed E-state index contributed by atoms with van der Waals surface area (Å²) in [5, 5.41) is 1.24. The average Bonchev–Trinajstić information content (AvgIpc) is 3.26. The second-order valence-corrected chi connectivity index (χ2v) is 13.1. The van der Waals surface area contributed by atoms with E-state index in [4.69, 9.17) is 4.98 Å². The van der Waals surface area contributed by atoms with Gasteiger partial charge in [0.2, 0.25) is 0 Å². The first-order valence-electron chi connectivity index (χ1n) is 16.7. The van der Waals surface area contributed by atoms with Gasteiger partial charge < -0.3 is 0 Å². The van der Waals surface area contributed by atoms with Gasteiger partial charge in [0, 0.05) is 30.9 Å². The Morgan fingerprint density at radius 1 is 0.636 bits per heavy atom. The zero-order valence-electron chi connectivity index (χ0n) is 26.9. The Kier molecular flexibility index (Phi) is 10.6. The standard InChI is InChI=1S/C42H46N.Ir/c1-5-7-9-12-18-30-24-31(19-13-10-8-6-2)26-33(25-30)35-28-40(32-20-14-11-15-21-32)43-41-29-39-36(27-37(35)41)34-22-16-17-23-38(34)42(39,3)4;/h11,14-17,20,22-29H,5-10,12-13,18-19H2,1-4H3;/q-1;. The van der Waals surface area contributed by atoms with Crippen LogP contribution in [0.5, 0.6) is 0 Å². The van der Waals surface area contributed by atoms with E-state index >= 15 is 0 Å². The third kappa shape index (κ3) is 6.63. The summed E-state index contributed by atoms with van der Waals surface area (Å²) in [6, 6.07) is 35.2. The molecular weight excluding hydrogens is 711 g/mol. The third-order valence-corrected chi connectivity index (χ3v) is 9.50. The molecule has 0 atom stereocenters. The van der Waals surface area contributed by atoms with E-state index in [0.29, 0.717) is 0 Å². The zero-order valence-corrected chi connectivity index (χ0v) is 29.3. The van der Waals surface area contributed by atoms with Crippen LogP contribution in [0.3, 0.4) is 0 Å². The van der Waals surface area contributed by atoms with Crippen LogP contribution in [0, 0.1) is 6.07 Å². The van der Waals surface area contributed by atoms with Gasteiger partial charge >= 0.3 is 0 Å². The Bertz CT molecular complexity index is 1690.